The number of hydrogen-bond acceptors (Lipinski definition) is 5. The number of nitrogens with zero attached hydrogens (tertiary/aromatic N) is 1. The van der Waals surface area contributed by atoms with Gasteiger partial charge in [0, 0.05) is 30.4 Å². The molecule has 5 rings (SSSR count). The summed E-state index contributed by atoms with van der Waals surface area (Å²) < 4.78 is 39.1. The number of nitrogens with one attached hydrogen (secondary N) is 1. The van der Waals surface area contributed by atoms with Crippen LogP contribution in [0.1, 0.15) is 54.2 Å². The summed E-state index contributed by atoms with van der Waals surface area (Å²) in [6.45, 7) is 1.53. The molecule has 1 aliphatic carbocycles. The Labute approximate surface area is 195 Å². The lowest BCUT2D eigenvalue weighted by Gasteiger charge is -2.24. The average molecular weight is 469 g/mol. The number of pyridine rings is 1. The Balaban J connectivity index is 1.74. The number of fused-ring (bicyclic) bond motifs is 2. The van der Waals surface area contributed by atoms with Crippen LogP contribution in [0.15, 0.2) is 41.3 Å². The first-order chi connectivity index (χ1) is 16.4. The molecule has 0 radical (unpaired) electrons. The predicted octanol–water partition coefficient (Wildman–Crippen LogP) is 4.82. The Bertz CT molecular complexity index is 1330. The summed E-state index contributed by atoms with van der Waals surface area (Å²) >= 11 is 0. The second-order valence-electron chi connectivity index (χ2n) is 8.92. The van der Waals surface area contributed by atoms with Crippen LogP contribution in [-0.4, -0.2) is 29.8 Å². The minimum Gasteiger partial charge on any atom is -0.462 e. The van der Waals surface area contributed by atoms with Crippen LogP contribution in [0.5, 0.6) is 5.75 Å². The van der Waals surface area contributed by atoms with E-state index in [9.17, 15) is 18.4 Å². The molecule has 1 N–H and O–H groups in total. The van der Waals surface area contributed by atoms with Crippen molar-refractivity contribution in [1.29, 1.82) is 0 Å². The Morgan fingerprint density at radius 1 is 1.21 bits per heavy atom. The summed E-state index contributed by atoms with van der Waals surface area (Å²) in [5.74, 6) is -0.774. The maximum absolute atomic E-state index is 13.6. The van der Waals surface area contributed by atoms with Crippen LogP contribution in [0.25, 0.3) is 22.0 Å². The zero-order valence-corrected chi connectivity index (χ0v) is 19.1. The average Bonchev–Trinajstić information content (AvgIpc) is 3.64. The van der Waals surface area contributed by atoms with Crippen LogP contribution in [0.3, 0.4) is 0 Å². The van der Waals surface area contributed by atoms with Gasteiger partial charge in [0.15, 0.2) is 5.75 Å². The Hall–Kier alpha value is -3.26. The molecular formula is C26H26F2N2O4. The number of benzene rings is 2. The fourth-order valence-electron chi connectivity index (χ4n) is 4.69. The minimum absolute atomic E-state index is 0.000713. The van der Waals surface area contributed by atoms with Gasteiger partial charge in [0.1, 0.15) is 5.56 Å². The predicted molar refractivity (Wildman–Crippen MR) is 125 cm³/mol. The second-order valence-corrected chi connectivity index (χ2v) is 8.92. The number of halogens is 2. The van der Waals surface area contributed by atoms with E-state index < -0.39 is 18.0 Å². The largest absolute Gasteiger partial charge is 0.462 e. The van der Waals surface area contributed by atoms with E-state index in [1.54, 1.807) is 23.6 Å². The first-order valence-electron chi connectivity index (χ1n) is 11.6. The van der Waals surface area contributed by atoms with Gasteiger partial charge < -0.3 is 19.4 Å². The second kappa shape index (κ2) is 8.83. The van der Waals surface area contributed by atoms with Gasteiger partial charge in [0.25, 0.3) is 0 Å². The molecule has 1 aliphatic heterocycles. The number of ether oxygens (including phenoxy) is 2. The van der Waals surface area contributed by atoms with E-state index in [0.29, 0.717) is 18.2 Å². The van der Waals surface area contributed by atoms with E-state index >= 15 is 0 Å². The van der Waals surface area contributed by atoms with Crippen LogP contribution < -0.4 is 15.5 Å². The first kappa shape index (κ1) is 22.5. The van der Waals surface area contributed by atoms with Gasteiger partial charge in [-0.05, 0) is 68.0 Å². The highest BCUT2D eigenvalue weighted by Crippen LogP contribution is 2.43. The molecule has 1 aromatic heterocycles. The summed E-state index contributed by atoms with van der Waals surface area (Å²) in [4.78, 5) is 25.6. The standard InChI is InChI=1S/C26H26F2N2O4/c1-3-33-25(32)21-13-30(18-6-7-18)22-20(23(21)31)9-8-19(24(22)34-26(27)28)16-5-4-15-10-14(2)29-12-17(15)11-16/h4-5,8-9,11,13-14,18,26,29H,3,6-7,10,12H2,1-2H3/t14-/m1/s1. The molecule has 8 heteroatoms. The Kier molecular flexibility index (Phi) is 5.85. The van der Waals surface area contributed by atoms with Crippen molar-refractivity contribution in [3.8, 4) is 16.9 Å². The van der Waals surface area contributed by atoms with Gasteiger partial charge in [-0.25, -0.2) is 4.79 Å². The van der Waals surface area contributed by atoms with Crippen LogP contribution in [0.2, 0.25) is 0 Å². The summed E-state index contributed by atoms with van der Waals surface area (Å²) in [5.41, 5.74) is 3.16. The van der Waals surface area contributed by atoms with Crippen molar-refractivity contribution in [3.63, 3.8) is 0 Å². The molecule has 1 saturated carbocycles. The van der Waals surface area contributed by atoms with Crippen molar-refractivity contribution in [3.05, 3.63) is 63.4 Å². The van der Waals surface area contributed by atoms with Gasteiger partial charge in [-0.2, -0.15) is 8.78 Å². The van der Waals surface area contributed by atoms with Gasteiger partial charge in [-0.1, -0.05) is 12.1 Å². The van der Waals surface area contributed by atoms with Crippen molar-refractivity contribution in [1.82, 2.24) is 9.88 Å². The number of alkyl halides is 2. The van der Waals surface area contributed by atoms with E-state index in [4.69, 9.17) is 9.47 Å². The maximum Gasteiger partial charge on any atom is 0.387 e. The van der Waals surface area contributed by atoms with E-state index in [-0.39, 0.29) is 34.9 Å². The van der Waals surface area contributed by atoms with Crippen LogP contribution >= 0.6 is 0 Å². The molecular weight excluding hydrogens is 442 g/mol. The van der Waals surface area contributed by atoms with Crippen LogP contribution in [0, 0.1) is 0 Å². The molecule has 34 heavy (non-hydrogen) atoms. The number of rotatable bonds is 6. The zero-order chi connectivity index (χ0) is 24.0. The fraction of sp³-hybridized carbons (Fsp3) is 0.385. The van der Waals surface area contributed by atoms with E-state index in [2.05, 4.69) is 12.2 Å². The molecule has 178 valence electrons. The van der Waals surface area contributed by atoms with Crippen molar-refractivity contribution >= 4 is 16.9 Å². The monoisotopic (exact) mass is 468 g/mol. The van der Waals surface area contributed by atoms with E-state index in [0.717, 1.165) is 30.4 Å². The summed E-state index contributed by atoms with van der Waals surface area (Å²) in [6, 6.07) is 9.50. The maximum atomic E-state index is 13.6. The molecule has 6 nitrogen and oxygen atoms in total. The summed E-state index contributed by atoms with van der Waals surface area (Å²) in [5, 5.41) is 3.58. The fourth-order valence-corrected chi connectivity index (χ4v) is 4.69. The Morgan fingerprint density at radius 3 is 2.71 bits per heavy atom. The molecule has 2 heterocycles. The summed E-state index contributed by atoms with van der Waals surface area (Å²) in [6.07, 6.45) is 3.97. The van der Waals surface area contributed by atoms with Gasteiger partial charge in [-0.3, -0.25) is 4.79 Å². The summed E-state index contributed by atoms with van der Waals surface area (Å²) in [7, 11) is 0. The highest BCUT2D eigenvalue weighted by molar-refractivity contribution is 5.98. The number of carbonyl (C=O) groups is 1. The van der Waals surface area contributed by atoms with Gasteiger partial charge in [0.2, 0.25) is 5.43 Å². The molecule has 1 fully saturated rings. The third kappa shape index (κ3) is 4.07. The smallest absolute Gasteiger partial charge is 0.387 e. The molecule has 0 spiro atoms. The molecule has 0 unspecified atom stereocenters. The van der Waals surface area contributed by atoms with Crippen molar-refractivity contribution in [2.45, 2.75) is 58.3 Å². The quantitative estimate of drug-likeness (QED) is 0.526. The van der Waals surface area contributed by atoms with Gasteiger partial charge in [0.05, 0.1) is 17.5 Å². The zero-order valence-electron chi connectivity index (χ0n) is 19.1. The molecule has 0 saturated heterocycles. The van der Waals surface area contributed by atoms with Gasteiger partial charge >= 0.3 is 12.6 Å². The molecule has 0 amide bonds. The highest BCUT2D eigenvalue weighted by Gasteiger charge is 2.30. The lowest BCUT2D eigenvalue weighted by molar-refractivity contribution is -0.0486. The number of aromatic nitrogens is 1. The topological polar surface area (TPSA) is 69.6 Å². The van der Waals surface area contributed by atoms with Crippen molar-refractivity contribution in [2.75, 3.05) is 6.61 Å². The van der Waals surface area contributed by atoms with Crippen molar-refractivity contribution < 1.29 is 23.0 Å². The lowest BCUT2D eigenvalue weighted by Crippen LogP contribution is -2.32. The van der Waals surface area contributed by atoms with Crippen LogP contribution in [-0.2, 0) is 17.7 Å². The van der Waals surface area contributed by atoms with Crippen molar-refractivity contribution in [2.24, 2.45) is 0 Å². The molecule has 1 atom stereocenters. The number of carbonyl (C=O) groups excluding carboxylic acids is 1. The van der Waals surface area contributed by atoms with E-state index in [1.165, 1.54) is 11.8 Å². The molecule has 2 aromatic carbocycles. The molecule has 3 aromatic rings. The number of hydrogen-bond donors (Lipinski definition) is 1. The van der Waals surface area contributed by atoms with E-state index in [1.807, 2.05) is 18.2 Å². The third-order valence-corrected chi connectivity index (χ3v) is 6.47. The highest BCUT2D eigenvalue weighted by atomic mass is 19.3. The van der Waals surface area contributed by atoms with Gasteiger partial charge in [-0.15, -0.1) is 0 Å². The Morgan fingerprint density at radius 2 is 2.00 bits per heavy atom. The third-order valence-electron chi connectivity index (χ3n) is 6.47. The molecule has 0 bridgehead atoms. The number of esters is 1. The van der Waals surface area contributed by atoms with Crippen LogP contribution in [0.4, 0.5) is 8.78 Å². The molecule has 2 aliphatic rings. The SMILES string of the molecule is CCOC(=O)c1cn(C2CC2)c2c(OC(F)F)c(-c3ccc4c(c3)CN[C@H](C)C4)ccc2c1=O. The minimum atomic E-state index is -3.07. The first-order valence-corrected chi connectivity index (χ1v) is 11.6. The normalized spacial score (nSPS) is 17.6. The lowest BCUT2D eigenvalue weighted by atomic mass is 9.92.